The van der Waals surface area contributed by atoms with Crippen molar-refractivity contribution in [1.29, 1.82) is 0 Å². The van der Waals surface area contributed by atoms with Crippen molar-refractivity contribution < 1.29 is 9.22 Å². The molecule has 0 aromatic rings. The maximum Gasteiger partial charge on any atom is 0.247 e. The summed E-state index contributed by atoms with van der Waals surface area (Å²) in [7, 11) is -3.83. The lowest BCUT2D eigenvalue weighted by Gasteiger charge is -2.61. The number of carbonyl (C=O) groups excluding carboxylic acids is 1. The van der Waals surface area contributed by atoms with Crippen molar-refractivity contribution in [2.45, 2.75) is 95.8 Å². The monoisotopic (exact) mass is 383 g/mol. The molecule has 0 saturated carbocycles. The average molecular weight is 384 g/mol. The van der Waals surface area contributed by atoms with Crippen LogP contribution in [0.1, 0.15) is 48.0 Å². The summed E-state index contributed by atoms with van der Waals surface area (Å²) < 4.78 is 8.71. The number of carbonyl (C=O) groups is 1. The van der Waals surface area contributed by atoms with Crippen molar-refractivity contribution >= 4 is 22.5 Å². The Morgan fingerprint density at radius 1 is 1.12 bits per heavy atom. The molecule has 1 spiro atoms. The Labute approximate surface area is 155 Å². The minimum absolute atomic E-state index is 0.0428. The molecule has 2 rings (SSSR count). The van der Waals surface area contributed by atoms with E-state index in [4.69, 9.17) is 4.43 Å². The van der Waals surface area contributed by atoms with Crippen LogP contribution in [0.15, 0.2) is 10.2 Å². The van der Waals surface area contributed by atoms with Crippen LogP contribution in [0.3, 0.4) is 0 Å². The lowest BCUT2D eigenvalue weighted by atomic mass is 9.80. The lowest BCUT2D eigenvalue weighted by molar-refractivity contribution is -0.152. The van der Waals surface area contributed by atoms with Gasteiger partial charge in [-0.3, -0.25) is 4.79 Å². The molecule has 2 heterocycles. The fourth-order valence-corrected chi connectivity index (χ4v) is 6.69. The molecular weight excluding hydrogens is 346 g/mol. The molecule has 0 N–H and O–H groups in total. The zero-order chi connectivity index (χ0) is 19.5. The van der Waals surface area contributed by atoms with Gasteiger partial charge in [0.25, 0.3) is 0 Å². The van der Waals surface area contributed by atoms with Gasteiger partial charge < -0.3 is 8.99 Å². The highest BCUT2D eigenvalue weighted by Gasteiger charge is 2.67. The fraction of sp³-hybridized carbons (Fsp3) is 0.944. The molecule has 0 radical (unpaired) electrons. The van der Waals surface area contributed by atoms with Gasteiger partial charge in [-0.25, -0.2) is 0 Å². The van der Waals surface area contributed by atoms with Crippen LogP contribution in [0.2, 0.25) is 36.3 Å². The summed E-state index contributed by atoms with van der Waals surface area (Å²) in [6, 6.07) is 0.0428. The van der Waals surface area contributed by atoms with Crippen LogP contribution in [-0.2, 0) is 9.22 Å². The molecule has 0 unspecified atom stereocenters. The highest BCUT2D eigenvalue weighted by Crippen LogP contribution is 2.50. The quantitative estimate of drug-likeness (QED) is 0.516. The molecule has 2 aliphatic rings. The first-order valence-corrected chi connectivity index (χ1v) is 15.3. The smallest absolute Gasteiger partial charge is 0.247 e. The van der Waals surface area contributed by atoms with Crippen LogP contribution in [0.4, 0.5) is 0 Å². The average Bonchev–Trinajstić information content (AvgIpc) is 2.91. The molecular formula is C18H37N3O2Si2. The van der Waals surface area contributed by atoms with Crippen molar-refractivity contribution in [3.05, 3.63) is 0 Å². The topological polar surface area (TPSA) is 54.3 Å². The number of hydrogen-bond donors (Lipinski definition) is 0. The fourth-order valence-electron chi connectivity index (χ4n) is 3.19. The second-order valence-electron chi connectivity index (χ2n) is 10.7. The molecule has 0 aromatic heterocycles. The standard InChI is InChI=1S/C18H37N3O2Si2/c1-16(2,3)24(7,8)21-14(13-23-25(9,10)17(4,5)6)18(15(21)22)11-12-19-20-18/h14H,11-13H2,1-10H3/t14-,18+/m1/s1. The van der Waals surface area contributed by atoms with Crippen LogP contribution >= 0.6 is 0 Å². The molecule has 5 nitrogen and oxygen atoms in total. The van der Waals surface area contributed by atoms with Crippen LogP contribution < -0.4 is 0 Å². The maximum atomic E-state index is 13.2. The van der Waals surface area contributed by atoms with Gasteiger partial charge in [-0.15, -0.1) is 0 Å². The number of hydrogen-bond acceptors (Lipinski definition) is 4. The summed E-state index contributed by atoms with van der Waals surface area (Å²) >= 11 is 0. The Hall–Kier alpha value is -0.536. The van der Waals surface area contributed by atoms with E-state index in [0.29, 0.717) is 13.2 Å². The number of amides is 1. The van der Waals surface area contributed by atoms with Gasteiger partial charge in [0.15, 0.2) is 22.1 Å². The second-order valence-corrected chi connectivity index (χ2v) is 20.6. The van der Waals surface area contributed by atoms with Gasteiger partial charge in [0.1, 0.15) is 0 Å². The largest absolute Gasteiger partial charge is 0.415 e. The van der Waals surface area contributed by atoms with Gasteiger partial charge in [0.2, 0.25) is 5.91 Å². The van der Waals surface area contributed by atoms with E-state index in [9.17, 15) is 4.79 Å². The van der Waals surface area contributed by atoms with E-state index >= 15 is 0 Å². The summed E-state index contributed by atoms with van der Waals surface area (Å²) in [5.41, 5.74) is -0.641. The van der Waals surface area contributed by atoms with Crippen LogP contribution in [0.25, 0.3) is 0 Å². The summed E-state index contributed by atoms with van der Waals surface area (Å²) in [5.74, 6) is 0.184. The Bertz CT molecular complexity index is 576. The van der Waals surface area contributed by atoms with Gasteiger partial charge in [-0.05, 0) is 23.2 Å². The Morgan fingerprint density at radius 2 is 1.68 bits per heavy atom. The maximum absolute atomic E-state index is 13.2. The molecule has 1 saturated heterocycles. The van der Waals surface area contributed by atoms with Crippen LogP contribution in [-0.4, -0.2) is 51.8 Å². The third-order valence-electron chi connectivity index (χ3n) is 7.14. The molecule has 2 aliphatic heterocycles. The summed E-state index contributed by atoms with van der Waals surface area (Å²) in [6.45, 7) is 23.9. The van der Waals surface area contributed by atoms with Gasteiger partial charge in [0.05, 0.1) is 19.2 Å². The summed E-state index contributed by atoms with van der Waals surface area (Å²) in [6.07, 6.45) is 0.739. The van der Waals surface area contributed by atoms with E-state index in [-0.39, 0.29) is 22.0 Å². The van der Waals surface area contributed by atoms with Gasteiger partial charge >= 0.3 is 0 Å². The van der Waals surface area contributed by atoms with Crippen LogP contribution in [0, 0.1) is 0 Å². The predicted octanol–water partition coefficient (Wildman–Crippen LogP) is 4.82. The first-order valence-electron chi connectivity index (χ1n) is 9.44. The van der Waals surface area contributed by atoms with Crippen molar-refractivity contribution in [2.24, 2.45) is 10.2 Å². The summed E-state index contributed by atoms with van der Waals surface area (Å²) in [5, 5.41) is 8.88. The van der Waals surface area contributed by atoms with E-state index in [1.165, 1.54) is 0 Å². The minimum atomic E-state index is -1.97. The molecule has 25 heavy (non-hydrogen) atoms. The van der Waals surface area contributed by atoms with Crippen LogP contribution in [0.5, 0.6) is 0 Å². The van der Waals surface area contributed by atoms with E-state index < -0.39 is 22.1 Å². The van der Waals surface area contributed by atoms with Gasteiger partial charge in [0, 0.05) is 6.42 Å². The SMILES string of the molecule is CC(C)(C)[Si](C)(C)OC[C@H]1N([Si](C)(C)C(C)(C)C)C(=O)[C@]12CCN=N2. The third kappa shape index (κ3) is 3.16. The Morgan fingerprint density at radius 3 is 2.08 bits per heavy atom. The highest BCUT2D eigenvalue weighted by atomic mass is 28.4. The van der Waals surface area contributed by atoms with Crippen molar-refractivity contribution in [1.82, 2.24) is 4.57 Å². The predicted molar refractivity (Wildman–Crippen MR) is 108 cm³/mol. The van der Waals surface area contributed by atoms with Crippen molar-refractivity contribution in [3.63, 3.8) is 0 Å². The normalized spacial score (nSPS) is 28.0. The Balaban J connectivity index is 2.30. The number of azo groups is 1. The first kappa shape index (κ1) is 20.8. The van der Waals surface area contributed by atoms with E-state index in [1.54, 1.807) is 0 Å². The number of β-lactam (4-membered cyclic amide) rings is 1. The van der Waals surface area contributed by atoms with Crippen molar-refractivity contribution in [3.8, 4) is 0 Å². The molecule has 1 fully saturated rings. The van der Waals surface area contributed by atoms with E-state index in [0.717, 1.165) is 6.42 Å². The molecule has 1 amide bonds. The Kier molecular flexibility index (Phi) is 4.98. The molecule has 0 aromatic carbocycles. The van der Waals surface area contributed by atoms with Gasteiger partial charge in [-0.2, -0.15) is 10.2 Å². The minimum Gasteiger partial charge on any atom is -0.415 e. The molecule has 0 aliphatic carbocycles. The van der Waals surface area contributed by atoms with E-state index in [2.05, 4.69) is 82.5 Å². The highest BCUT2D eigenvalue weighted by molar-refractivity contribution is 6.80. The number of nitrogens with zero attached hydrogens (tertiary/aromatic N) is 3. The number of rotatable bonds is 4. The van der Waals surface area contributed by atoms with Gasteiger partial charge in [-0.1, -0.05) is 54.6 Å². The summed E-state index contributed by atoms with van der Waals surface area (Å²) in [4.78, 5) is 13.2. The van der Waals surface area contributed by atoms with Crippen molar-refractivity contribution in [2.75, 3.05) is 13.2 Å². The second kappa shape index (κ2) is 5.99. The molecule has 0 bridgehead atoms. The third-order valence-corrected chi connectivity index (χ3v) is 17.0. The zero-order valence-corrected chi connectivity index (χ0v) is 19.9. The zero-order valence-electron chi connectivity index (χ0n) is 17.9. The first-order chi connectivity index (χ1) is 11.1. The molecule has 144 valence electrons. The lowest BCUT2D eigenvalue weighted by Crippen LogP contribution is -2.81. The molecule has 2 atom stereocenters. The van der Waals surface area contributed by atoms with E-state index in [1.807, 2.05) is 0 Å². The molecule has 7 heteroatoms.